The molecule has 0 radical (unpaired) electrons. The molecule has 0 saturated carbocycles. The van der Waals surface area contributed by atoms with Crippen LogP contribution < -0.4 is 10.1 Å². The van der Waals surface area contributed by atoms with Crippen LogP contribution in [0, 0.1) is 0 Å². The first-order valence-electron chi connectivity index (χ1n) is 7.67. The first kappa shape index (κ1) is 20.4. The van der Waals surface area contributed by atoms with Gasteiger partial charge in [0.05, 0.1) is 6.54 Å². The minimum atomic E-state index is -3.28. The topological polar surface area (TPSA) is 122 Å². The van der Waals surface area contributed by atoms with E-state index in [1.54, 1.807) is 17.4 Å². The van der Waals surface area contributed by atoms with Crippen molar-refractivity contribution in [2.75, 3.05) is 6.54 Å². The van der Waals surface area contributed by atoms with Gasteiger partial charge in [-0.05, 0) is 17.5 Å². The van der Waals surface area contributed by atoms with Crippen molar-refractivity contribution in [3.8, 4) is 5.75 Å². The Hall–Kier alpha value is -1.91. The molecule has 0 heterocycles. The highest BCUT2D eigenvalue weighted by Crippen LogP contribution is 2.30. The SMILES string of the molecule is C=C/C=C(\S)C(Oc1cccc2ccccc12)C(O)(O)CNC(O)(O)O. The van der Waals surface area contributed by atoms with Gasteiger partial charge in [-0.2, -0.15) is 0 Å². The normalized spacial score (nSPS) is 14.3. The van der Waals surface area contributed by atoms with Gasteiger partial charge in [-0.3, -0.25) is 0 Å². The molecular weight excluding hydrogens is 358 g/mol. The second-order valence-electron chi connectivity index (χ2n) is 5.67. The van der Waals surface area contributed by atoms with Crippen LogP contribution in [0.3, 0.4) is 0 Å². The molecule has 2 rings (SSSR count). The van der Waals surface area contributed by atoms with Gasteiger partial charge in [-0.1, -0.05) is 49.1 Å². The molecule has 7 nitrogen and oxygen atoms in total. The Morgan fingerprint density at radius 2 is 1.77 bits per heavy atom. The van der Waals surface area contributed by atoms with Crippen molar-refractivity contribution >= 4 is 23.4 Å². The van der Waals surface area contributed by atoms with Gasteiger partial charge in [-0.25, -0.2) is 5.32 Å². The monoisotopic (exact) mass is 379 g/mol. The molecule has 2 aromatic carbocycles. The lowest BCUT2D eigenvalue weighted by atomic mass is 10.1. The minimum absolute atomic E-state index is 0.124. The number of aliphatic hydroxyl groups is 5. The van der Waals surface area contributed by atoms with Gasteiger partial charge in [0.1, 0.15) is 5.75 Å². The van der Waals surface area contributed by atoms with Gasteiger partial charge >= 0.3 is 6.10 Å². The number of ether oxygens (including phenoxy) is 1. The van der Waals surface area contributed by atoms with Gasteiger partial charge in [0.15, 0.2) is 6.10 Å². The lowest BCUT2D eigenvalue weighted by Gasteiger charge is -2.33. The average molecular weight is 379 g/mol. The Bertz CT molecular complexity index is 794. The zero-order valence-corrected chi connectivity index (χ0v) is 14.7. The van der Waals surface area contributed by atoms with Crippen molar-refractivity contribution in [1.29, 1.82) is 0 Å². The highest BCUT2D eigenvalue weighted by atomic mass is 32.1. The van der Waals surface area contributed by atoms with Gasteiger partial charge in [0, 0.05) is 10.3 Å². The van der Waals surface area contributed by atoms with Gasteiger partial charge in [0.2, 0.25) is 5.79 Å². The second kappa shape index (κ2) is 8.19. The molecule has 0 fully saturated rings. The molecule has 0 spiro atoms. The molecule has 0 aromatic heterocycles. The molecular formula is C18H21NO6S. The van der Waals surface area contributed by atoms with Crippen LogP contribution in [0.1, 0.15) is 0 Å². The Morgan fingerprint density at radius 1 is 1.12 bits per heavy atom. The van der Waals surface area contributed by atoms with Gasteiger partial charge < -0.3 is 30.3 Å². The van der Waals surface area contributed by atoms with Crippen LogP contribution in [-0.2, 0) is 0 Å². The molecule has 0 amide bonds. The number of hydrogen-bond acceptors (Lipinski definition) is 8. The summed E-state index contributed by atoms with van der Waals surface area (Å²) in [5.41, 5.74) is 0. The summed E-state index contributed by atoms with van der Waals surface area (Å²) in [7, 11) is 0. The highest BCUT2D eigenvalue weighted by molar-refractivity contribution is 7.84. The smallest absolute Gasteiger partial charge is 0.343 e. The summed E-state index contributed by atoms with van der Waals surface area (Å²) in [5, 5.41) is 50.9. The van der Waals surface area contributed by atoms with Gasteiger partial charge in [-0.15, -0.1) is 12.6 Å². The molecule has 8 heteroatoms. The molecule has 1 unspecified atom stereocenters. The Morgan fingerprint density at radius 3 is 2.42 bits per heavy atom. The van der Waals surface area contributed by atoms with E-state index in [9.17, 15) is 10.2 Å². The van der Waals surface area contributed by atoms with E-state index in [0.29, 0.717) is 5.75 Å². The fourth-order valence-corrected chi connectivity index (χ4v) is 2.73. The van der Waals surface area contributed by atoms with Crippen LogP contribution in [0.4, 0.5) is 0 Å². The molecule has 1 atom stereocenters. The number of allylic oxidation sites excluding steroid dienone is 2. The Kier molecular flexibility index (Phi) is 6.43. The quantitative estimate of drug-likeness (QED) is 0.202. The summed E-state index contributed by atoms with van der Waals surface area (Å²) in [6.07, 6.45) is -1.90. The summed E-state index contributed by atoms with van der Waals surface area (Å²) in [5.74, 6) is -2.28. The molecule has 0 aliphatic rings. The van der Waals surface area contributed by atoms with Crippen LogP contribution in [0.2, 0.25) is 0 Å². The van der Waals surface area contributed by atoms with Gasteiger partial charge in [0.25, 0.3) is 0 Å². The zero-order valence-electron chi connectivity index (χ0n) is 13.8. The van der Waals surface area contributed by atoms with Crippen LogP contribution >= 0.6 is 12.6 Å². The largest absolute Gasteiger partial charge is 0.479 e. The molecule has 0 saturated heterocycles. The number of thiol groups is 1. The van der Waals surface area contributed by atoms with Crippen molar-refractivity contribution in [3.63, 3.8) is 0 Å². The average Bonchev–Trinajstić information content (AvgIpc) is 2.57. The maximum absolute atomic E-state index is 10.4. The molecule has 140 valence electrons. The van der Waals surface area contributed by atoms with E-state index in [-0.39, 0.29) is 4.91 Å². The lowest BCUT2D eigenvalue weighted by molar-refractivity contribution is -0.341. The summed E-state index contributed by atoms with van der Waals surface area (Å²) in [4.78, 5) is 0.124. The summed E-state index contributed by atoms with van der Waals surface area (Å²) in [6.45, 7) is 2.70. The molecule has 6 N–H and O–H groups in total. The fraction of sp³-hybridized carbons (Fsp3) is 0.222. The number of hydrogen-bond donors (Lipinski definition) is 7. The highest BCUT2D eigenvalue weighted by Gasteiger charge is 2.40. The van der Waals surface area contributed by atoms with E-state index >= 15 is 0 Å². The first-order valence-corrected chi connectivity index (χ1v) is 8.11. The Balaban J connectivity index is 2.38. The van der Waals surface area contributed by atoms with E-state index in [0.717, 1.165) is 10.8 Å². The van der Waals surface area contributed by atoms with Crippen LogP contribution in [0.15, 0.2) is 66.1 Å². The van der Waals surface area contributed by atoms with E-state index in [4.69, 9.17) is 20.1 Å². The van der Waals surface area contributed by atoms with Crippen LogP contribution in [-0.4, -0.2) is 50.1 Å². The number of benzene rings is 2. The number of fused-ring (bicyclic) bond motifs is 1. The predicted octanol–water partition coefficient (Wildman–Crippen LogP) is 0.446. The van der Waals surface area contributed by atoms with E-state index in [1.807, 2.05) is 30.3 Å². The zero-order chi connectivity index (χ0) is 19.4. The third-order valence-corrected chi connectivity index (χ3v) is 3.94. The third kappa shape index (κ3) is 5.29. The minimum Gasteiger partial charge on any atom is -0.479 e. The van der Waals surface area contributed by atoms with Crippen LogP contribution in [0.5, 0.6) is 5.75 Å². The van der Waals surface area contributed by atoms with E-state index < -0.39 is 24.5 Å². The third-order valence-electron chi connectivity index (χ3n) is 3.56. The molecule has 2 aromatic rings. The summed E-state index contributed by atoms with van der Waals surface area (Å²) >= 11 is 4.22. The van der Waals surface area contributed by atoms with Crippen LogP contribution in [0.25, 0.3) is 10.8 Å². The number of nitrogens with one attached hydrogen (secondary N) is 1. The van der Waals surface area contributed by atoms with Crippen molar-refractivity contribution in [1.82, 2.24) is 5.32 Å². The van der Waals surface area contributed by atoms with E-state index in [1.165, 1.54) is 12.2 Å². The first-order chi connectivity index (χ1) is 12.1. The Labute approximate surface area is 155 Å². The second-order valence-corrected chi connectivity index (χ2v) is 6.19. The molecule has 0 aliphatic carbocycles. The van der Waals surface area contributed by atoms with Crippen molar-refractivity contribution < 1.29 is 30.3 Å². The maximum atomic E-state index is 10.4. The van der Waals surface area contributed by atoms with E-state index in [2.05, 4.69) is 19.2 Å². The predicted molar refractivity (Wildman–Crippen MR) is 100 cm³/mol. The lowest BCUT2D eigenvalue weighted by Crippen LogP contribution is -2.58. The molecule has 0 aliphatic heterocycles. The van der Waals surface area contributed by atoms with Crippen molar-refractivity contribution in [2.24, 2.45) is 0 Å². The standard InChI is InChI=1S/C18H21NO6S/c1-2-6-15(26)16(17(20,21)11-19-18(22,23)24)25-14-10-5-8-12-7-3-4-9-13(12)14/h2-10,16,19-24,26H,1,11H2/b15-6-. The summed E-state index contributed by atoms with van der Waals surface area (Å²) < 4.78 is 5.79. The van der Waals surface area contributed by atoms with Crippen molar-refractivity contribution in [2.45, 2.75) is 18.0 Å². The number of rotatable bonds is 8. The maximum Gasteiger partial charge on any atom is 0.343 e. The molecule has 26 heavy (non-hydrogen) atoms. The summed E-state index contributed by atoms with van der Waals surface area (Å²) in [6, 6.07) is 12.6. The molecule has 0 bridgehead atoms. The van der Waals surface area contributed by atoms with Crippen molar-refractivity contribution in [3.05, 3.63) is 66.1 Å². The fourth-order valence-electron chi connectivity index (χ4n) is 2.37.